The third-order valence-electron chi connectivity index (χ3n) is 3.91. The van der Waals surface area contributed by atoms with Crippen LogP contribution in [0.25, 0.3) is 22.5 Å². The minimum Gasteiger partial charge on any atom is -0.453 e. The summed E-state index contributed by atoms with van der Waals surface area (Å²) in [6.07, 6.45) is 0. The number of carbonyl (C=O) groups is 1. The van der Waals surface area contributed by atoms with Crippen molar-refractivity contribution in [3.05, 3.63) is 77.5 Å². The second-order valence-electron chi connectivity index (χ2n) is 5.71. The molecule has 2 aromatic carbocycles. The Hall–Kier alpha value is -3.85. The van der Waals surface area contributed by atoms with E-state index in [9.17, 15) is 4.79 Å². The van der Waals surface area contributed by atoms with E-state index in [1.807, 2.05) is 36.4 Å². The van der Waals surface area contributed by atoms with Gasteiger partial charge < -0.3 is 14.3 Å². The monoisotopic (exact) mass is 343 g/mol. The molecule has 2 heterocycles. The molecule has 0 unspecified atom stereocenters. The first-order valence-electron chi connectivity index (χ1n) is 7.96. The lowest BCUT2D eigenvalue weighted by molar-refractivity contribution is 0.0950. The van der Waals surface area contributed by atoms with Crippen LogP contribution >= 0.6 is 0 Å². The molecule has 1 amide bonds. The number of rotatable bonds is 4. The molecule has 0 aliphatic rings. The van der Waals surface area contributed by atoms with Crippen molar-refractivity contribution in [2.45, 2.75) is 6.54 Å². The average molecular weight is 343 g/mol. The largest absolute Gasteiger partial charge is 0.453 e. The fourth-order valence-corrected chi connectivity index (χ4v) is 2.62. The lowest BCUT2D eigenvalue weighted by Gasteiger charge is -2.02. The fourth-order valence-electron chi connectivity index (χ4n) is 2.62. The summed E-state index contributed by atoms with van der Waals surface area (Å²) in [4.78, 5) is 12.2. The Balaban J connectivity index is 1.46. The molecule has 0 aliphatic heterocycles. The van der Waals surface area contributed by atoms with Crippen molar-refractivity contribution in [1.29, 1.82) is 5.26 Å². The van der Waals surface area contributed by atoms with E-state index in [2.05, 4.69) is 10.5 Å². The number of furan rings is 1. The Bertz CT molecular complexity index is 1100. The number of nitrogens with zero attached hydrogens (tertiary/aromatic N) is 2. The molecule has 0 radical (unpaired) electrons. The molecule has 126 valence electrons. The van der Waals surface area contributed by atoms with Gasteiger partial charge in [0.05, 0.1) is 18.2 Å². The summed E-state index contributed by atoms with van der Waals surface area (Å²) in [5, 5.41) is 16.6. The summed E-state index contributed by atoms with van der Waals surface area (Å²) < 4.78 is 11.1. The van der Waals surface area contributed by atoms with Crippen LogP contribution in [0.4, 0.5) is 0 Å². The molecule has 0 spiro atoms. The molecule has 6 nitrogen and oxygen atoms in total. The molecular weight excluding hydrogens is 330 g/mol. The third kappa shape index (κ3) is 3.06. The van der Waals surface area contributed by atoms with Crippen molar-refractivity contribution in [1.82, 2.24) is 10.5 Å². The first kappa shape index (κ1) is 15.7. The molecule has 0 bridgehead atoms. The number of benzene rings is 2. The van der Waals surface area contributed by atoms with Gasteiger partial charge >= 0.3 is 0 Å². The van der Waals surface area contributed by atoms with Gasteiger partial charge in [-0.1, -0.05) is 29.4 Å². The molecule has 0 saturated carbocycles. The van der Waals surface area contributed by atoms with Crippen LogP contribution in [-0.2, 0) is 6.54 Å². The Labute approximate surface area is 148 Å². The van der Waals surface area contributed by atoms with Crippen LogP contribution in [-0.4, -0.2) is 11.1 Å². The highest BCUT2D eigenvalue weighted by atomic mass is 16.5. The highest BCUT2D eigenvalue weighted by Gasteiger charge is 2.13. The number of para-hydroxylation sites is 1. The van der Waals surface area contributed by atoms with E-state index in [1.165, 1.54) is 6.07 Å². The van der Waals surface area contributed by atoms with Crippen LogP contribution < -0.4 is 5.32 Å². The summed E-state index contributed by atoms with van der Waals surface area (Å²) in [6.45, 7) is 0.208. The van der Waals surface area contributed by atoms with Crippen LogP contribution in [0.2, 0.25) is 0 Å². The lowest BCUT2D eigenvalue weighted by atomic mass is 10.1. The number of nitriles is 1. The third-order valence-corrected chi connectivity index (χ3v) is 3.91. The van der Waals surface area contributed by atoms with Gasteiger partial charge in [0.15, 0.2) is 5.76 Å². The molecule has 4 aromatic rings. The van der Waals surface area contributed by atoms with E-state index in [4.69, 9.17) is 14.2 Å². The zero-order valence-corrected chi connectivity index (χ0v) is 13.6. The minimum absolute atomic E-state index is 0.208. The van der Waals surface area contributed by atoms with E-state index >= 15 is 0 Å². The maximum atomic E-state index is 12.2. The van der Waals surface area contributed by atoms with Gasteiger partial charge in [0.25, 0.3) is 5.91 Å². The van der Waals surface area contributed by atoms with E-state index in [0.29, 0.717) is 28.3 Å². The summed E-state index contributed by atoms with van der Waals surface area (Å²) in [7, 11) is 0. The highest BCUT2D eigenvalue weighted by molar-refractivity contribution is 5.94. The maximum Gasteiger partial charge on any atom is 0.251 e. The van der Waals surface area contributed by atoms with Gasteiger partial charge in [0.1, 0.15) is 11.3 Å². The molecule has 2 aromatic heterocycles. The molecule has 1 N–H and O–H groups in total. The Morgan fingerprint density at radius 1 is 1.08 bits per heavy atom. The van der Waals surface area contributed by atoms with Crippen LogP contribution in [0.1, 0.15) is 21.6 Å². The zero-order valence-electron chi connectivity index (χ0n) is 13.6. The van der Waals surface area contributed by atoms with E-state index in [1.54, 1.807) is 24.3 Å². The normalized spacial score (nSPS) is 10.6. The lowest BCUT2D eigenvalue weighted by Crippen LogP contribution is -2.22. The first-order valence-corrected chi connectivity index (χ1v) is 7.96. The molecular formula is C20H13N3O3. The SMILES string of the molecule is N#Cc1cccc(C(=O)NCc2cc(-c3cc4ccccc4o3)on2)c1. The second-order valence-corrected chi connectivity index (χ2v) is 5.71. The van der Waals surface area contributed by atoms with Crippen LogP contribution in [0.3, 0.4) is 0 Å². The number of nitrogens with one attached hydrogen (secondary N) is 1. The van der Waals surface area contributed by atoms with Gasteiger partial charge in [-0.25, -0.2) is 0 Å². The van der Waals surface area contributed by atoms with E-state index in [0.717, 1.165) is 11.0 Å². The standard InChI is InChI=1S/C20H13N3O3/c21-11-13-4-3-6-15(8-13)20(24)22-12-16-10-19(26-23-16)18-9-14-5-1-2-7-17(14)25-18/h1-10H,12H2,(H,22,24). The fraction of sp³-hybridized carbons (Fsp3) is 0.0500. The first-order chi connectivity index (χ1) is 12.7. The Morgan fingerprint density at radius 3 is 2.81 bits per heavy atom. The molecule has 4 rings (SSSR count). The van der Waals surface area contributed by atoms with Gasteiger partial charge in [-0.3, -0.25) is 4.79 Å². The van der Waals surface area contributed by atoms with Crippen molar-refractivity contribution in [3.8, 4) is 17.6 Å². The molecule has 0 atom stereocenters. The van der Waals surface area contributed by atoms with Crippen molar-refractivity contribution < 1.29 is 13.7 Å². The Kier molecular flexibility index (Phi) is 3.96. The summed E-state index contributed by atoms with van der Waals surface area (Å²) in [6, 6.07) is 19.8. The molecule has 6 heteroatoms. The number of carbonyl (C=O) groups excluding carboxylic acids is 1. The highest BCUT2D eigenvalue weighted by Crippen LogP contribution is 2.28. The van der Waals surface area contributed by atoms with Crippen molar-refractivity contribution in [2.75, 3.05) is 0 Å². The number of hydrogen-bond donors (Lipinski definition) is 1. The van der Waals surface area contributed by atoms with E-state index < -0.39 is 0 Å². The second kappa shape index (κ2) is 6.57. The zero-order chi connectivity index (χ0) is 17.9. The van der Waals surface area contributed by atoms with Crippen molar-refractivity contribution in [3.63, 3.8) is 0 Å². The van der Waals surface area contributed by atoms with Crippen LogP contribution in [0, 0.1) is 11.3 Å². The summed E-state index contributed by atoms with van der Waals surface area (Å²) in [5.41, 5.74) is 2.20. The number of fused-ring (bicyclic) bond motifs is 1. The number of aromatic nitrogens is 1. The smallest absolute Gasteiger partial charge is 0.251 e. The maximum absolute atomic E-state index is 12.2. The number of amides is 1. The topological polar surface area (TPSA) is 92.1 Å². The summed E-state index contributed by atoms with van der Waals surface area (Å²) in [5.74, 6) is 0.797. The van der Waals surface area contributed by atoms with Gasteiger partial charge in [-0.2, -0.15) is 5.26 Å². The van der Waals surface area contributed by atoms with Crippen molar-refractivity contribution in [2.24, 2.45) is 0 Å². The van der Waals surface area contributed by atoms with Gasteiger partial charge in [0, 0.05) is 17.0 Å². The molecule has 26 heavy (non-hydrogen) atoms. The van der Waals surface area contributed by atoms with Gasteiger partial charge in [-0.15, -0.1) is 0 Å². The quantitative estimate of drug-likeness (QED) is 0.607. The van der Waals surface area contributed by atoms with Crippen LogP contribution in [0.15, 0.2) is 69.6 Å². The van der Waals surface area contributed by atoms with Gasteiger partial charge in [-0.05, 0) is 30.3 Å². The Morgan fingerprint density at radius 2 is 1.96 bits per heavy atom. The molecule has 0 saturated heterocycles. The van der Waals surface area contributed by atoms with Gasteiger partial charge in [0.2, 0.25) is 5.76 Å². The van der Waals surface area contributed by atoms with E-state index in [-0.39, 0.29) is 12.5 Å². The van der Waals surface area contributed by atoms with Crippen LogP contribution in [0.5, 0.6) is 0 Å². The molecule has 0 aliphatic carbocycles. The summed E-state index contributed by atoms with van der Waals surface area (Å²) >= 11 is 0. The van der Waals surface area contributed by atoms with Crippen molar-refractivity contribution >= 4 is 16.9 Å². The molecule has 0 fully saturated rings. The average Bonchev–Trinajstić information content (AvgIpc) is 3.32. The minimum atomic E-state index is -0.282. The number of hydrogen-bond acceptors (Lipinski definition) is 5. The predicted molar refractivity (Wildman–Crippen MR) is 94.0 cm³/mol. The predicted octanol–water partition coefficient (Wildman–Crippen LogP) is 3.89.